The fraction of sp³-hybridized carbons (Fsp3) is 0.455. The Labute approximate surface area is 77.6 Å². The third kappa shape index (κ3) is 2.79. The quantitative estimate of drug-likeness (QED) is 0.673. The highest BCUT2D eigenvalue weighted by atomic mass is 19.1. The molecule has 0 aromatic heterocycles. The molecule has 0 aliphatic heterocycles. The molecule has 2 heteroatoms. The first-order chi connectivity index (χ1) is 6.13. The summed E-state index contributed by atoms with van der Waals surface area (Å²) in [6, 6.07) is 3.62. The fourth-order valence-corrected chi connectivity index (χ4v) is 1.22. The Hall–Kier alpha value is -0.920. The molecule has 0 bridgehead atoms. The van der Waals surface area contributed by atoms with Crippen molar-refractivity contribution in [3.05, 3.63) is 35.4 Å². The second kappa shape index (κ2) is 4.35. The second-order valence-electron chi connectivity index (χ2n) is 3.45. The average molecular weight is 184 g/mol. The summed E-state index contributed by atoms with van der Waals surface area (Å²) in [7, 11) is 0. The maximum atomic E-state index is 13.1. The van der Waals surface area contributed by atoms with Gasteiger partial charge in [0.15, 0.2) is 0 Å². The van der Waals surface area contributed by atoms with Gasteiger partial charge < -0.3 is 0 Å². The van der Waals surface area contributed by atoms with Gasteiger partial charge in [-0.25, -0.2) is 8.78 Å². The number of hydrogen-bond acceptors (Lipinski definition) is 0. The van der Waals surface area contributed by atoms with Crippen molar-refractivity contribution >= 4 is 0 Å². The van der Waals surface area contributed by atoms with Gasteiger partial charge in [0.2, 0.25) is 0 Å². The summed E-state index contributed by atoms with van der Waals surface area (Å²) >= 11 is 0. The summed E-state index contributed by atoms with van der Waals surface area (Å²) in [5, 5.41) is 0. The Bertz CT molecular complexity index is 281. The minimum Gasteiger partial charge on any atom is -0.207 e. The van der Waals surface area contributed by atoms with Crippen LogP contribution in [0.1, 0.15) is 25.8 Å². The van der Waals surface area contributed by atoms with Gasteiger partial charge in [-0.05, 0) is 36.1 Å². The van der Waals surface area contributed by atoms with E-state index in [-0.39, 0.29) is 11.6 Å². The normalized spacial score (nSPS) is 12.9. The molecule has 72 valence electrons. The van der Waals surface area contributed by atoms with Gasteiger partial charge in [0.25, 0.3) is 0 Å². The molecule has 0 heterocycles. The molecule has 0 fully saturated rings. The third-order valence-electron chi connectivity index (χ3n) is 2.27. The molecule has 0 nitrogen and oxygen atoms in total. The highest BCUT2D eigenvalue weighted by molar-refractivity contribution is 5.19. The van der Waals surface area contributed by atoms with Crippen LogP contribution in [0.3, 0.4) is 0 Å². The SMILES string of the molecule is CCC(C)Cc1cc(F)ccc1F. The molecule has 1 unspecified atom stereocenters. The summed E-state index contributed by atoms with van der Waals surface area (Å²) in [6.07, 6.45) is 1.59. The Morgan fingerprint density at radius 3 is 2.62 bits per heavy atom. The lowest BCUT2D eigenvalue weighted by molar-refractivity contribution is 0.524. The van der Waals surface area contributed by atoms with Crippen molar-refractivity contribution in [2.24, 2.45) is 5.92 Å². The topological polar surface area (TPSA) is 0 Å². The number of halogens is 2. The first kappa shape index (κ1) is 10.2. The molecular weight excluding hydrogens is 170 g/mol. The van der Waals surface area contributed by atoms with Gasteiger partial charge in [-0.2, -0.15) is 0 Å². The predicted molar refractivity (Wildman–Crippen MR) is 49.5 cm³/mol. The average Bonchev–Trinajstić information content (AvgIpc) is 2.11. The van der Waals surface area contributed by atoms with E-state index in [9.17, 15) is 8.78 Å². The zero-order valence-corrected chi connectivity index (χ0v) is 7.98. The van der Waals surface area contributed by atoms with E-state index in [4.69, 9.17) is 0 Å². The third-order valence-corrected chi connectivity index (χ3v) is 2.27. The van der Waals surface area contributed by atoms with Crippen molar-refractivity contribution in [2.45, 2.75) is 26.7 Å². The van der Waals surface area contributed by atoms with Crippen molar-refractivity contribution in [1.29, 1.82) is 0 Å². The molecular formula is C11H14F2. The monoisotopic (exact) mass is 184 g/mol. The lowest BCUT2D eigenvalue weighted by Crippen LogP contribution is -2.00. The Morgan fingerprint density at radius 2 is 2.00 bits per heavy atom. The Morgan fingerprint density at radius 1 is 1.31 bits per heavy atom. The molecule has 1 aromatic rings. The van der Waals surface area contributed by atoms with Gasteiger partial charge in [0.05, 0.1) is 0 Å². The summed E-state index contributed by atoms with van der Waals surface area (Å²) < 4.78 is 25.8. The zero-order chi connectivity index (χ0) is 9.84. The van der Waals surface area contributed by atoms with Crippen LogP contribution in [0.25, 0.3) is 0 Å². The Kier molecular flexibility index (Phi) is 3.40. The van der Waals surface area contributed by atoms with Gasteiger partial charge in [-0.3, -0.25) is 0 Å². The zero-order valence-electron chi connectivity index (χ0n) is 7.98. The first-order valence-electron chi connectivity index (χ1n) is 4.57. The maximum absolute atomic E-state index is 13.1. The molecule has 0 N–H and O–H groups in total. The molecule has 0 saturated heterocycles. The van der Waals surface area contributed by atoms with Crippen LogP contribution in [-0.4, -0.2) is 0 Å². The van der Waals surface area contributed by atoms with E-state index in [0.29, 0.717) is 17.9 Å². The van der Waals surface area contributed by atoms with Crippen LogP contribution in [0, 0.1) is 17.6 Å². The lowest BCUT2D eigenvalue weighted by Gasteiger charge is -2.08. The molecule has 1 aromatic carbocycles. The van der Waals surface area contributed by atoms with Gasteiger partial charge in [-0.1, -0.05) is 20.3 Å². The summed E-state index contributed by atoms with van der Waals surface area (Å²) in [4.78, 5) is 0. The van der Waals surface area contributed by atoms with Crippen LogP contribution in [0.2, 0.25) is 0 Å². The molecule has 0 aliphatic carbocycles. The second-order valence-corrected chi connectivity index (χ2v) is 3.45. The molecule has 0 spiro atoms. The van der Waals surface area contributed by atoms with Gasteiger partial charge >= 0.3 is 0 Å². The predicted octanol–water partition coefficient (Wildman–Crippen LogP) is 3.55. The van der Waals surface area contributed by atoms with E-state index in [2.05, 4.69) is 0 Å². The van der Waals surface area contributed by atoms with Gasteiger partial charge in [0, 0.05) is 0 Å². The van der Waals surface area contributed by atoms with Gasteiger partial charge in [-0.15, -0.1) is 0 Å². The van der Waals surface area contributed by atoms with Crippen LogP contribution in [0.4, 0.5) is 8.78 Å². The van der Waals surface area contributed by atoms with E-state index in [1.807, 2.05) is 13.8 Å². The van der Waals surface area contributed by atoms with Crippen molar-refractivity contribution in [2.75, 3.05) is 0 Å². The molecule has 1 rings (SSSR count). The highest BCUT2D eigenvalue weighted by Gasteiger charge is 2.07. The summed E-state index contributed by atoms with van der Waals surface area (Å²) in [5.74, 6) is -0.266. The van der Waals surface area contributed by atoms with E-state index >= 15 is 0 Å². The van der Waals surface area contributed by atoms with Crippen molar-refractivity contribution in [1.82, 2.24) is 0 Å². The van der Waals surface area contributed by atoms with Crippen LogP contribution in [0.5, 0.6) is 0 Å². The van der Waals surface area contributed by atoms with Gasteiger partial charge in [0.1, 0.15) is 11.6 Å². The smallest absolute Gasteiger partial charge is 0.126 e. The van der Waals surface area contributed by atoms with E-state index in [1.165, 1.54) is 12.1 Å². The van der Waals surface area contributed by atoms with Crippen LogP contribution in [0.15, 0.2) is 18.2 Å². The molecule has 1 atom stereocenters. The molecule has 0 aliphatic rings. The minimum absolute atomic E-state index is 0.304. The molecule has 0 saturated carbocycles. The number of benzene rings is 1. The highest BCUT2D eigenvalue weighted by Crippen LogP contribution is 2.15. The molecule has 13 heavy (non-hydrogen) atoms. The number of rotatable bonds is 3. The fourth-order valence-electron chi connectivity index (χ4n) is 1.22. The van der Waals surface area contributed by atoms with E-state index < -0.39 is 0 Å². The summed E-state index contributed by atoms with van der Waals surface area (Å²) in [6.45, 7) is 4.08. The summed E-state index contributed by atoms with van der Waals surface area (Å²) in [5.41, 5.74) is 0.481. The van der Waals surface area contributed by atoms with Crippen molar-refractivity contribution in [3.63, 3.8) is 0 Å². The Balaban J connectivity index is 2.81. The van der Waals surface area contributed by atoms with Crippen LogP contribution < -0.4 is 0 Å². The lowest BCUT2D eigenvalue weighted by atomic mass is 9.98. The largest absolute Gasteiger partial charge is 0.207 e. The van der Waals surface area contributed by atoms with Crippen LogP contribution >= 0.6 is 0 Å². The molecule has 0 radical (unpaired) electrons. The standard InChI is InChI=1S/C11H14F2/c1-3-8(2)6-9-7-10(12)4-5-11(9)13/h4-5,7-8H,3,6H2,1-2H3. The van der Waals surface area contributed by atoms with E-state index in [1.54, 1.807) is 0 Å². The number of hydrogen-bond donors (Lipinski definition) is 0. The molecule has 0 amide bonds. The van der Waals surface area contributed by atoms with Crippen LogP contribution in [-0.2, 0) is 6.42 Å². The van der Waals surface area contributed by atoms with Crippen molar-refractivity contribution < 1.29 is 8.78 Å². The minimum atomic E-state index is -0.361. The first-order valence-corrected chi connectivity index (χ1v) is 4.57. The van der Waals surface area contributed by atoms with E-state index in [0.717, 1.165) is 12.5 Å². The maximum Gasteiger partial charge on any atom is 0.126 e. The van der Waals surface area contributed by atoms with Crippen molar-refractivity contribution in [3.8, 4) is 0 Å².